The molecule has 86 valence electrons. The lowest BCUT2D eigenvalue weighted by molar-refractivity contribution is 0.240. The third kappa shape index (κ3) is 4.56. The number of aromatic nitrogens is 1. The van der Waals surface area contributed by atoms with Gasteiger partial charge < -0.3 is 4.74 Å². The van der Waals surface area contributed by atoms with E-state index in [-0.39, 0.29) is 0 Å². The second-order valence-electron chi connectivity index (χ2n) is 2.93. The molecule has 0 radical (unpaired) electrons. The van der Waals surface area contributed by atoms with E-state index in [1.165, 1.54) is 6.34 Å². The fourth-order valence-corrected chi connectivity index (χ4v) is 1.01. The molecule has 5 nitrogen and oxygen atoms in total. The van der Waals surface area contributed by atoms with Gasteiger partial charge in [0.25, 0.3) is 0 Å². The highest BCUT2D eigenvalue weighted by Gasteiger charge is 1.93. The fraction of sp³-hybridized carbons (Fsp3) is 0.273. The van der Waals surface area contributed by atoms with Crippen LogP contribution in [0, 0.1) is 0 Å². The molecule has 0 amide bonds. The molecule has 0 unspecified atom stereocenters. The molecule has 0 aliphatic heterocycles. The van der Waals surface area contributed by atoms with Crippen LogP contribution in [0.3, 0.4) is 0 Å². The summed E-state index contributed by atoms with van der Waals surface area (Å²) >= 11 is 0. The van der Waals surface area contributed by atoms with Crippen LogP contribution < -0.4 is 10.2 Å². The van der Waals surface area contributed by atoms with Gasteiger partial charge in [0.15, 0.2) is 0 Å². The molecule has 0 fully saturated rings. The molecule has 16 heavy (non-hydrogen) atoms. The molecule has 0 aliphatic carbocycles. The SMILES string of the molecule is CCC=CCOc1ccc(N=CNO)cn1. The standard InChI is InChI=1S/C11H15N3O2/c1-2-3-4-7-16-11-6-5-10(8-12-11)13-9-14-15/h3-6,8-9,15H,2,7H2,1H3,(H,13,14). The van der Waals surface area contributed by atoms with Gasteiger partial charge in [0.05, 0.1) is 11.9 Å². The molecule has 1 aromatic rings. The minimum atomic E-state index is 0.516. The number of hydrogen-bond acceptors (Lipinski definition) is 4. The summed E-state index contributed by atoms with van der Waals surface area (Å²) in [7, 11) is 0. The van der Waals surface area contributed by atoms with E-state index in [9.17, 15) is 0 Å². The van der Waals surface area contributed by atoms with Gasteiger partial charge in [-0.15, -0.1) is 0 Å². The zero-order valence-electron chi connectivity index (χ0n) is 9.13. The second kappa shape index (κ2) is 7.42. The summed E-state index contributed by atoms with van der Waals surface area (Å²) in [6.07, 6.45) is 7.71. The minimum absolute atomic E-state index is 0.516. The zero-order valence-corrected chi connectivity index (χ0v) is 9.13. The highest BCUT2D eigenvalue weighted by molar-refractivity contribution is 5.59. The van der Waals surface area contributed by atoms with Crippen molar-refractivity contribution >= 4 is 12.0 Å². The lowest BCUT2D eigenvalue weighted by Gasteiger charge is -2.01. The monoisotopic (exact) mass is 221 g/mol. The van der Waals surface area contributed by atoms with Crippen molar-refractivity contribution in [2.75, 3.05) is 6.61 Å². The van der Waals surface area contributed by atoms with E-state index in [1.54, 1.807) is 18.3 Å². The van der Waals surface area contributed by atoms with Crippen LogP contribution >= 0.6 is 0 Å². The second-order valence-corrected chi connectivity index (χ2v) is 2.93. The van der Waals surface area contributed by atoms with Crippen molar-refractivity contribution in [2.24, 2.45) is 4.99 Å². The third-order valence-electron chi connectivity index (χ3n) is 1.72. The van der Waals surface area contributed by atoms with Crippen LogP contribution in [0.2, 0.25) is 0 Å². The Labute approximate surface area is 94.5 Å². The van der Waals surface area contributed by atoms with Crippen LogP contribution in [-0.4, -0.2) is 23.1 Å². The molecular formula is C11H15N3O2. The largest absolute Gasteiger partial charge is 0.473 e. The maximum absolute atomic E-state index is 8.30. The minimum Gasteiger partial charge on any atom is -0.473 e. The van der Waals surface area contributed by atoms with Gasteiger partial charge in [-0.3, -0.25) is 10.7 Å². The van der Waals surface area contributed by atoms with Crippen molar-refractivity contribution in [3.63, 3.8) is 0 Å². The smallest absolute Gasteiger partial charge is 0.213 e. The summed E-state index contributed by atoms with van der Waals surface area (Å²) in [4.78, 5) is 7.91. The number of hydroxylamine groups is 1. The molecule has 0 spiro atoms. The molecule has 1 heterocycles. The predicted molar refractivity (Wildman–Crippen MR) is 62.2 cm³/mol. The number of pyridine rings is 1. The van der Waals surface area contributed by atoms with Crippen LogP contribution in [0.15, 0.2) is 35.5 Å². The van der Waals surface area contributed by atoms with Gasteiger partial charge in [-0.25, -0.2) is 9.98 Å². The van der Waals surface area contributed by atoms with E-state index < -0.39 is 0 Å². The average Bonchev–Trinajstić information content (AvgIpc) is 2.33. The number of ether oxygens (including phenoxy) is 1. The van der Waals surface area contributed by atoms with Crippen molar-refractivity contribution in [3.05, 3.63) is 30.5 Å². The number of nitrogens with zero attached hydrogens (tertiary/aromatic N) is 2. The van der Waals surface area contributed by atoms with E-state index in [4.69, 9.17) is 9.94 Å². The molecule has 1 rings (SSSR count). The van der Waals surface area contributed by atoms with Crippen molar-refractivity contribution in [1.82, 2.24) is 10.5 Å². The first kappa shape index (κ1) is 12.2. The van der Waals surface area contributed by atoms with Crippen LogP contribution in [0.1, 0.15) is 13.3 Å². The number of nitrogens with one attached hydrogen (secondary N) is 1. The van der Waals surface area contributed by atoms with Crippen LogP contribution in [0.5, 0.6) is 5.88 Å². The summed E-state index contributed by atoms with van der Waals surface area (Å²) in [5.74, 6) is 0.552. The lowest BCUT2D eigenvalue weighted by Crippen LogP contribution is -2.01. The Kier molecular flexibility index (Phi) is 5.65. The van der Waals surface area contributed by atoms with E-state index >= 15 is 0 Å². The van der Waals surface area contributed by atoms with Crippen molar-refractivity contribution in [1.29, 1.82) is 0 Å². The first-order valence-corrected chi connectivity index (χ1v) is 5.02. The molecule has 2 N–H and O–H groups in total. The van der Waals surface area contributed by atoms with Crippen LogP contribution in [-0.2, 0) is 0 Å². The Morgan fingerprint density at radius 3 is 3.00 bits per heavy atom. The molecule has 0 bridgehead atoms. The number of aliphatic imine (C=N–C) groups is 1. The summed E-state index contributed by atoms with van der Waals surface area (Å²) in [6.45, 7) is 2.58. The maximum atomic E-state index is 8.30. The van der Waals surface area contributed by atoms with Crippen LogP contribution in [0.4, 0.5) is 5.69 Å². The molecule has 1 aromatic heterocycles. The maximum Gasteiger partial charge on any atom is 0.213 e. The molecule has 5 heteroatoms. The van der Waals surface area contributed by atoms with Gasteiger partial charge in [-0.2, -0.15) is 0 Å². The normalized spacial score (nSPS) is 11.1. The lowest BCUT2D eigenvalue weighted by atomic mass is 10.4. The van der Waals surface area contributed by atoms with Gasteiger partial charge in [-0.1, -0.05) is 19.1 Å². The summed E-state index contributed by atoms with van der Waals surface area (Å²) in [5, 5.41) is 8.30. The quantitative estimate of drug-likeness (QED) is 0.334. The van der Waals surface area contributed by atoms with Gasteiger partial charge in [0.2, 0.25) is 5.88 Å². The molecule has 0 saturated carbocycles. The van der Waals surface area contributed by atoms with Gasteiger partial charge >= 0.3 is 0 Å². The number of allylic oxidation sites excluding steroid dienone is 1. The molecule has 0 atom stereocenters. The van der Waals surface area contributed by atoms with Gasteiger partial charge in [0, 0.05) is 6.07 Å². The van der Waals surface area contributed by atoms with Crippen molar-refractivity contribution < 1.29 is 9.94 Å². The Hall–Kier alpha value is -1.88. The Morgan fingerprint density at radius 2 is 2.38 bits per heavy atom. The fourth-order valence-electron chi connectivity index (χ4n) is 1.01. The Morgan fingerprint density at radius 1 is 1.50 bits per heavy atom. The van der Waals surface area contributed by atoms with Crippen molar-refractivity contribution in [3.8, 4) is 5.88 Å². The number of rotatable bonds is 6. The average molecular weight is 221 g/mol. The van der Waals surface area contributed by atoms with E-state index in [0.717, 1.165) is 6.42 Å². The summed E-state index contributed by atoms with van der Waals surface area (Å²) in [5.41, 5.74) is 2.46. The highest BCUT2D eigenvalue weighted by Crippen LogP contribution is 2.13. The van der Waals surface area contributed by atoms with E-state index in [0.29, 0.717) is 18.2 Å². The molecular weight excluding hydrogens is 206 g/mol. The molecule has 0 saturated heterocycles. The topological polar surface area (TPSA) is 66.7 Å². The Balaban J connectivity index is 2.45. The van der Waals surface area contributed by atoms with E-state index in [1.807, 2.05) is 17.6 Å². The first-order valence-electron chi connectivity index (χ1n) is 5.02. The number of hydrogen-bond donors (Lipinski definition) is 2. The first-order chi connectivity index (χ1) is 7.86. The van der Waals surface area contributed by atoms with E-state index in [2.05, 4.69) is 16.9 Å². The van der Waals surface area contributed by atoms with Gasteiger partial charge in [0.1, 0.15) is 12.9 Å². The van der Waals surface area contributed by atoms with Crippen molar-refractivity contribution in [2.45, 2.75) is 13.3 Å². The Bertz CT molecular complexity index is 347. The van der Waals surface area contributed by atoms with Crippen LogP contribution in [0.25, 0.3) is 0 Å². The summed E-state index contributed by atoms with van der Waals surface area (Å²) < 4.78 is 5.35. The highest BCUT2D eigenvalue weighted by atomic mass is 16.5. The third-order valence-corrected chi connectivity index (χ3v) is 1.72. The molecule has 0 aromatic carbocycles. The zero-order chi connectivity index (χ0) is 11.6. The summed E-state index contributed by atoms with van der Waals surface area (Å²) in [6, 6.07) is 3.48. The van der Waals surface area contributed by atoms with Gasteiger partial charge in [-0.05, 0) is 12.5 Å². The molecule has 0 aliphatic rings. The predicted octanol–water partition coefficient (Wildman–Crippen LogP) is 2.07.